The molecular formula is C17H24N2O2. The van der Waals surface area contributed by atoms with Crippen LogP contribution in [0.3, 0.4) is 0 Å². The lowest BCUT2D eigenvalue weighted by Crippen LogP contribution is -2.45. The third-order valence-electron chi connectivity index (χ3n) is 4.65. The highest BCUT2D eigenvalue weighted by Gasteiger charge is 2.31. The van der Waals surface area contributed by atoms with E-state index in [9.17, 15) is 4.79 Å². The van der Waals surface area contributed by atoms with Gasteiger partial charge in [0.1, 0.15) is 12.4 Å². The first-order chi connectivity index (χ1) is 10.3. The molecule has 0 bridgehead atoms. The van der Waals surface area contributed by atoms with Gasteiger partial charge in [0.15, 0.2) is 0 Å². The highest BCUT2D eigenvalue weighted by atomic mass is 16.5. The molecule has 2 aliphatic rings. The fourth-order valence-corrected chi connectivity index (χ4v) is 3.39. The number of benzene rings is 1. The number of nitrogens with zero attached hydrogens (tertiary/aromatic N) is 1. The van der Waals surface area contributed by atoms with Gasteiger partial charge in [0.2, 0.25) is 5.91 Å². The molecule has 4 nitrogen and oxygen atoms in total. The molecule has 1 atom stereocenters. The van der Waals surface area contributed by atoms with E-state index in [1.807, 2.05) is 30.1 Å². The predicted octanol–water partition coefficient (Wildman–Crippen LogP) is 1.70. The van der Waals surface area contributed by atoms with Crippen LogP contribution in [-0.4, -0.2) is 44.1 Å². The predicted molar refractivity (Wildman–Crippen MR) is 82.4 cm³/mol. The van der Waals surface area contributed by atoms with E-state index in [-0.39, 0.29) is 11.8 Å². The Morgan fingerprint density at radius 3 is 2.86 bits per heavy atom. The standard InChI is InChI=1S/C17H24N2O2/c1-18-11-13-6-8-19(9-7-13)17(20)15-10-14-4-2-3-5-16(14)21-12-15/h2-5,13,15,18H,6-12H2,1H3. The van der Waals surface area contributed by atoms with Crippen molar-refractivity contribution in [2.24, 2.45) is 11.8 Å². The number of hydrogen-bond acceptors (Lipinski definition) is 3. The average Bonchev–Trinajstić information content (AvgIpc) is 2.55. The minimum Gasteiger partial charge on any atom is -0.492 e. The summed E-state index contributed by atoms with van der Waals surface area (Å²) in [5, 5.41) is 3.23. The van der Waals surface area contributed by atoms with Gasteiger partial charge in [-0.2, -0.15) is 0 Å². The number of amides is 1. The zero-order chi connectivity index (χ0) is 14.7. The van der Waals surface area contributed by atoms with E-state index in [1.54, 1.807) is 0 Å². The summed E-state index contributed by atoms with van der Waals surface area (Å²) in [5.74, 6) is 1.91. The number of nitrogens with one attached hydrogen (secondary N) is 1. The lowest BCUT2D eigenvalue weighted by molar-refractivity contribution is -0.138. The second kappa shape index (κ2) is 6.48. The van der Waals surface area contributed by atoms with Crippen LogP contribution < -0.4 is 10.1 Å². The second-order valence-electron chi connectivity index (χ2n) is 6.15. The lowest BCUT2D eigenvalue weighted by Gasteiger charge is -2.35. The van der Waals surface area contributed by atoms with Crippen molar-refractivity contribution in [3.05, 3.63) is 29.8 Å². The summed E-state index contributed by atoms with van der Waals surface area (Å²) in [5.41, 5.74) is 1.16. The van der Waals surface area contributed by atoms with Crippen LogP contribution in [0.4, 0.5) is 0 Å². The molecule has 1 N–H and O–H groups in total. The van der Waals surface area contributed by atoms with Crippen molar-refractivity contribution in [2.75, 3.05) is 33.3 Å². The molecule has 0 aliphatic carbocycles. The smallest absolute Gasteiger partial charge is 0.229 e. The number of rotatable bonds is 3. The van der Waals surface area contributed by atoms with Gasteiger partial charge in [-0.25, -0.2) is 0 Å². The van der Waals surface area contributed by atoms with Crippen LogP contribution >= 0.6 is 0 Å². The number of hydrogen-bond donors (Lipinski definition) is 1. The molecule has 2 aliphatic heterocycles. The molecule has 1 amide bonds. The Labute approximate surface area is 126 Å². The topological polar surface area (TPSA) is 41.6 Å². The highest BCUT2D eigenvalue weighted by Crippen LogP contribution is 2.28. The number of piperidine rings is 1. The van der Waals surface area contributed by atoms with E-state index in [1.165, 1.54) is 0 Å². The molecule has 0 saturated carbocycles. The van der Waals surface area contributed by atoms with Crippen LogP contribution in [0.25, 0.3) is 0 Å². The minimum absolute atomic E-state index is 0.0132. The average molecular weight is 288 g/mol. The van der Waals surface area contributed by atoms with Crippen LogP contribution in [0.15, 0.2) is 24.3 Å². The van der Waals surface area contributed by atoms with Crippen molar-refractivity contribution in [1.29, 1.82) is 0 Å². The quantitative estimate of drug-likeness (QED) is 0.920. The van der Waals surface area contributed by atoms with Gasteiger partial charge < -0.3 is 15.0 Å². The molecule has 2 heterocycles. The van der Waals surface area contributed by atoms with E-state index in [0.717, 1.165) is 50.2 Å². The van der Waals surface area contributed by atoms with Gasteiger partial charge in [0.25, 0.3) is 0 Å². The van der Waals surface area contributed by atoms with Gasteiger partial charge in [0.05, 0.1) is 5.92 Å². The monoisotopic (exact) mass is 288 g/mol. The first-order valence-corrected chi connectivity index (χ1v) is 7.92. The first-order valence-electron chi connectivity index (χ1n) is 7.92. The first kappa shape index (κ1) is 14.4. The molecule has 1 aromatic rings. The van der Waals surface area contributed by atoms with Gasteiger partial charge in [-0.15, -0.1) is 0 Å². The summed E-state index contributed by atoms with van der Waals surface area (Å²) in [6, 6.07) is 8.04. The summed E-state index contributed by atoms with van der Waals surface area (Å²) >= 11 is 0. The maximum atomic E-state index is 12.7. The summed E-state index contributed by atoms with van der Waals surface area (Å²) in [6.07, 6.45) is 3.03. The van der Waals surface area contributed by atoms with Crippen LogP contribution in [0, 0.1) is 11.8 Å². The minimum atomic E-state index is -0.0132. The van der Waals surface area contributed by atoms with E-state index in [2.05, 4.69) is 11.4 Å². The third kappa shape index (κ3) is 3.21. The molecule has 1 aromatic carbocycles. The van der Waals surface area contributed by atoms with Crippen LogP contribution in [0.1, 0.15) is 18.4 Å². The SMILES string of the molecule is CNCC1CCN(C(=O)C2COc3ccccc3C2)CC1. The van der Waals surface area contributed by atoms with Gasteiger partial charge in [0, 0.05) is 13.1 Å². The zero-order valence-corrected chi connectivity index (χ0v) is 12.7. The van der Waals surface area contributed by atoms with E-state index >= 15 is 0 Å². The second-order valence-corrected chi connectivity index (χ2v) is 6.15. The summed E-state index contributed by atoms with van der Waals surface area (Å²) in [4.78, 5) is 14.7. The summed E-state index contributed by atoms with van der Waals surface area (Å²) in [7, 11) is 1.99. The molecule has 0 spiro atoms. The molecule has 3 rings (SSSR count). The molecule has 21 heavy (non-hydrogen) atoms. The number of likely N-dealkylation sites (tertiary alicyclic amines) is 1. The normalized spacial score (nSPS) is 22.5. The Balaban J connectivity index is 1.57. The van der Waals surface area contributed by atoms with Gasteiger partial charge in [-0.05, 0) is 50.4 Å². The molecule has 1 fully saturated rings. The Morgan fingerprint density at radius 1 is 1.33 bits per heavy atom. The summed E-state index contributed by atoms with van der Waals surface area (Å²) in [6.45, 7) is 3.36. The van der Waals surface area contributed by atoms with Crippen molar-refractivity contribution < 1.29 is 9.53 Å². The van der Waals surface area contributed by atoms with E-state index in [0.29, 0.717) is 12.5 Å². The number of ether oxygens (including phenoxy) is 1. The van der Waals surface area contributed by atoms with Crippen LogP contribution in [-0.2, 0) is 11.2 Å². The molecule has 4 heteroatoms. The van der Waals surface area contributed by atoms with Crippen molar-refractivity contribution in [2.45, 2.75) is 19.3 Å². The summed E-state index contributed by atoms with van der Waals surface area (Å²) < 4.78 is 5.75. The van der Waals surface area contributed by atoms with E-state index in [4.69, 9.17) is 4.74 Å². The van der Waals surface area contributed by atoms with Crippen molar-refractivity contribution in [1.82, 2.24) is 10.2 Å². The fraction of sp³-hybridized carbons (Fsp3) is 0.588. The van der Waals surface area contributed by atoms with E-state index < -0.39 is 0 Å². The van der Waals surface area contributed by atoms with Crippen LogP contribution in [0.5, 0.6) is 5.75 Å². The maximum Gasteiger partial charge on any atom is 0.229 e. The molecule has 0 aromatic heterocycles. The van der Waals surface area contributed by atoms with Crippen molar-refractivity contribution >= 4 is 5.91 Å². The number of carbonyl (C=O) groups excluding carboxylic acids is 1. The van der Waals surface area contributed by atoms with Gasteiger partial charge in [-0.1, -0.05) is 18.2 Å². The lowest BCUT2D eigenvalue weighted by atomic mass is 9.92. The largest absolute Gasteiger partial charge is 0.492 e. The van der Waals surface area contributed by atoms with Crippen LogP contribution in [0.2, 0.25) is 0 Å². The van der Waals surface area contributed by atoms with Gasteiger partial charge >= 0.3 is 0 Å². The van der Waals surface area contributed by atoms with Gasteiger partial charge in [-0.3, -0.25) is 4.79 Å². The molecule has 114 valence electrons. The highest BCUT2D eigenvalue weighted by molar-refractivity contribution is 5.80. The maximum absolute atomic E-state index is 12.7. The molecule has 1 saturated heterocycles. The molecule has 1 unspecified atom stereocenters. The van der Waals surface area contributed by atoms with Crippen molar-refractivity contribution in [3.8, 4) is 5.75 Å². The fourth-order valence-electron chi connectivity index (χ4n) is 3.39. The number of para-hydroxylation sites is 1. The molecular weight excluding hydrogens is 264 g/mol. The Kier molecular flexibility index (Phi) is 4.44. The Bertz CT molecular complexity index is 495. The third-order valence-corrected chi connectivity index (χ3v) is 4.65. The molecule has 0 radical (unpaired) electrons. The zero-order valence-electron chi connectivity index (χ0n) is 12.7. The Hall–Kier alpha value is -1.55. The number of fused-ring (bicyclic) bond motifs is 1. The number of carbonyl (C=O) groups is 1. The van der Waals surface area contributed by atoms with Crippen molar-refractivity contribution in [3.63, 3.8) is 0 Å². The Morgan fingerprint density at radius 2 is 2.10 bits per heavy atom.